The molecule has 1 aromatic carbocycles. The largest absolute Gasteiger partial charge is 0.390 e. The number of nitrogens with one attached hydrogen (secondary N) is 1. The van der Waals surface area contributed by atoms with Gasteiger partial charge in [0, 0.05) is 19.0 Å². The highest BCUT2D eigenvalue weighted by Gasteiger charge is 2.48. The van der Waals surface area contributed by atoms with Gasteiger partial charge in [0.15, 0.2) is 0 Å². The number of sulfone groups is 1. The maximum atomic E-state index is 15.5. The van der Waals surface area contributed by atoms with Crippen LogP contribution in [0, 0.1) is 11.7 Å². The van der Waals surface area contributed by atoms with Crippen molar-refractivity contribution in [2.45, 2.75) is 36.3 Å². The molecule has 3 rings (SSSR count). The molecule has 2 amide bonds. The van der Waals surface area contributed by atoms with Gasteiger partial charge in [-0.05, 0) is 50.1 Å². The summed E-state index contributed by atoms with van der Waals surface area (Å²) in [4.78, 5) is 17.5. The average molecular weight is 439 g/mol. The number of rotatable bonds is 5. The molecule has 1 atom stereocenters. The Hall–Kier alpha value is -2.59. The minimum absolute atomic E-state index is 0.149. The molecule has 0 aliphatic carbocycles. The van der Waals surface area contributed by atoms with E-state index in [1.54, 1.807) is 12.1 Å². The van der Waals surface area contributed by atoms with Gasteiger partial charge < -0.3 is 15.3 Å². The molecule has 2 aromatic rings. The van der Waals surface area contributed by atoms with Crippen molar-refractivity contribution in [3.05, 3.63) is 54.1 Å². The summed E-state index contributed by atoms with van der Waals surface area (Å²) in [7, 11) is -4.41. The van der Waals surface area contributed by atoms with E-state index in [0.29, 0.717) is 11.4 Å². The fraction of sp³-hybridized carbons (Fsp3) is 0.400. The molecular formula is C20H23F2N3O4S. The van der Waals surface area contributed by atoms with Gasteiger partial charge >= 0.3 is 6.03 Å². The van der Waals surface area contributed by atoms with Crippen LogP contribution in [0.15, 0.2) is 47.5 Å². The van der Waals surface area contributed by atoms with Crippen LogP contribution in [0.4, 0.5) is 19.3 Å². The minimum Gasteiger partial charge on any atom is -0.390 e. The second-order valence-electron chi connectivity index (χ2n) is 7.33. The Labute approximate surface area is 173 Å². The molecule has 0 spiro atoms. The van der Waals surface area contributed by atoms with Gasteiger partial charge in [0.05, 0.1) is 29.1 Å². The van der Waals surface area contributed by atoms with Gasteiger partial charge in [0.1, 0.15) is 5.82 Å². The number of anilines is 1. The number of likely N-dealkylation sites (tertiary alicyclic amines) is 1. The number of alkyl halides is 1. The van der Waals surface area contributed by atoms with Crippen LogP contribution in [0.2, 0.25) is 0 Å². The number of aliphatic hydroxyl groups excluding tert-OH is 1. The minimum atomic E-state index is -4.41. The maximum absolute atomic E-state index is 15.5. The summed E-state index contributed by atoms with van der Waals surface area (Å²) in [6, 6.07) is 7.09. The van der Waals surface area contributed by atoms with E-state index in [1.165, 1.54) is 23.2 Å². The first kappa shape index (κ1) is 22.1. The zero-order chi connectivity index (χ0) is 21.9. The van der Waals surface area contributed by atoms with Gasteiger partial charge in [-0.3, -0.25) is 4.98 Å². The fourth-order valence-corrected chi connectivity index (χ4v) is 5.14. The lowest BCUT2D eigenvalue weighted by molar-refractivity contribution is 0.117. The molecule has 10 heteroatoms. The van der Waals surface area contributed by atoms with Crippen molar-refractivity contribution in [1.29, 1.82) is 0 Å². The highest BCUT2D eigenvalue weighted by molar-refractivity contribution is 7.92. The molecular weight excluding hydrogens is 416 g/mol. The molecule has 7 nitrogen and oxygen atoms in total. The number of halogens is 2. The van der Waals surface area contributed by atoms with E-state index >= 15 is 4.39 Å². The number of nitrogens with zero attached hydrogens (tertiary/aromatic N) is 2. The summed E-state index contributed by atoms with van der Waals surface area (Å²) in [5, 5.41) is 9.08. The molecule has 1 fully saturated rings. The Morgan fingerprint density at radius 2 is 2.00 bits per heavy atom. The zero-order valence-corrected chi connectivity index (χ0v) is 17.2. The van der Waals surface area contributed by atoms with Crippen molar-refractivity contribution < 1.29 is 27.1 Å². The Bertz CT molecular complexity index is 1000. The standard InChI is InChI=1S/C20H23F2N3O4S/c1-20(22,30(28,29)18-4-2-3-15(21)11-18)14-7-9-25(10-8-14)19(27)24-16-5-6-17(13-26)23-12-16/h2-6,11-12,14,26H,7-10,13H2,1H3,(H,24,27). The lowest BCUT2D eigenvalue weighted by Gasteiger charge is -2.37. The predicted octanol–water partition coefficient (Wildman–Crippen LogP) is 3.12. The van der Waals surface area contributed by atoms with E-state index in [0.717, 1.165) is 19.1 Å². The van der Waals surface area contributed by atoms with Crippen LogP contribution < -0.4 is 5.32 Å². The Morgan fingerprint density at radius 1 is 1.30 bits per heavy atom. The lowest BCUT2D eigenvalue weighted by atomic mass is 9.92. The predicted molar refractivity (Wildman–Crippen MR) is 107 cm³/mol. The van der Waals surface area contributed by atoms with Gasteiger partial charge in [-0.1, -0.05) is 6.07 Å². The zero-order valence-electron chi connectivity index (χ0n) is 16.4. The van der Waals surface area contributed by atoms with E-state index in [1.807, 2.05) is 0 Å². The topological polar surface area (TPSA) is 99.6 Å². The molecule has 1 saturated heterocycles. The number of pyridine rings is 1. The first-order valence-electron chi connectivity index (χ1n) is 9.46. The van der Waals surface area contributed by atoms with Gasteiger partial charge in [0.25, 0.3) is 0 Å². The van der Waals surface area contributed by atoms with Crippen molar-refractivity contribution in [1.82, 2.24) is 9.88 Å². The molecule has 1 aliphatic heterocycles. The molecule has 1 aromatic heterocycles. The van der Waals surface area contributed by atoms with Crippen molar-refractivity contribution >= 4 is 21.6 Å². The molecule has 2 heterocycles. The number of hydrogen-bond acceptors (Lipinski definition) is 5. The molecule has 0 radical (unpaired) electrons. The van der Waals surface area contributed by atoms with E-state index < -0.39 is 37.5 Å². The monoisotopic (exact) mass is 439 g/mol. The molecule has 162 valence electrons. The number of aliphatic hydroxyl groups is 1. The first-order valence-corrected chi connectivity index (χ1v) is 10.9. The van der Waals surface area contributed by atoms with E-state index in [-0.39, 0.29) is 32.5 Å². The third-order valence-corrected chi connectivity index (χ3v) is 7.64. The summed E-state index contributed by atoms with van der Waals surface area (Å²) < 4.78 is 54.4. The van der Waals surface area contributed by atoms with E-state index in [4.69, 9.17) is 5.11 Å². The highest BCUT2D eigenvalue weighted by Crippen LogP contribution is 2.39. The molecule has 2 N–H and O–H groups in total. The van der Waals surface area contributed by atoms with Crippen LogP contribution in [-0.4, -0.2) is 47.5 Å². The van der Waals surface area contributed by atoms with Crippen LogP contribution in [0.1, 0.15) is 25.5 Å². The van der Waals surface area contributed by atoms with Gasteiger partial charge in [0.2, 0.25) is 14.8 Å². The Morgan fingerprint density at radius 3 is 2.57 bits per heavy atom. The third-order valence-electron chi connectivity index (χ3n) is 5.38. The van der Waals surface area contributed by atoms with Crippen LogP contribution in [-0.2, 0) is 16.4 Å². The Balaban J connectivity index is 1.64. The number of carbonyl (C=O) groups excluding carboxylic acids is 1. The van der Waals surface area contributed by atoms with Crippen LogP contribution in [0.5, 0.6) is 0 Å². The Kier molecular flexibility index (Phi) is 6.37. The smallest absolute Gasteiger partial charge is 0.321 e. The third kappa shape index (κ3) is 4.44. The average Bonchev–Trinajstić information content (AvgIpc) is 2.74. The molecule has 30 heavy (non-hydrogen) atoms. The number of urea groups is 1. The number of carbonyl (C=O) groups is 1. The highest BCUT2D eigenvalue weighted by atomic mass is 32.2. The van der Waals surface area contributed by atoms with Crippen molar-refractivity contribution in [3.8, 4) is 0 Å². The normalized spacial score (nSPS) is 17.4. The number of hydrogen-bond donors (Lipinski definition) is 2. The molecule has 0 saturated carbocycles. The van der Waals surface area contributed by atoms with Crippen molar-refractivity contribution in [2.24, 2.45) is 5.92 Å². The number of piperidine rings is 1. The summed E-state index contributed by atoms with van der Waals surface area (Å²) >= 11 is 0. The van der Waals surface area contributed by atoms with Crippen LogP contribution in [0.3, 0.4) is 0 Å². The van der Waals surface area contributed by atoms with E-state index in [9.17, 15) is 17.6 Å². The first-order chi connectivity index (χ1) is 14.1. The number of amides is 2. The quantitative estimate of drug-likeness (QED) is 0.746. The number of benzene rings is 1. The van der Waals surface area contributed by atoms with E-state index in [2.05, 4.69) is 10.3 Å². The van der Waals surface area contributed by atoms with Crippen LogP contribution in [0.25, 0.3) is 0 Å². The molecule has 1 aliphatic rings. The van der Waals surface area contributed by atoms with Gasteiger partial charge in [-0.25, -0.2) is 22.0 Å². The summed E-state index contributed by atoms with van der Waals surface area (Å²) in [5.41, 5.74) is 0.916. The fourth-order valence-electron chi connectivity index (χ4n) is 3.48. The molecule has 0 bridgehead atoms. The second-order valence-corrected chi connectivity index (χ2v) is 9.61. The summed E-state index contributed by atoms with van der Waals surface area (Å²) in [6.45, 7) is 1.15. The number of aromatic nitrogens is 1. The molecule has 1 unspecified atom stereocenters. The summed E-state index contributed by atoms with van der Waals surface area (Å²) in [5.74, 6) is -1.58. The van der Waals surface area contributed by atoms with Crippen LogP contribution >= 0.6 is 0 Å². The maximum Gasteiger partial charge on any atom is 0.321 e. The van der Waals surface area contributed by atoms with Crippen molar-refractivity contribution in [3.63, 3.8) is 0 Å². The summed E-state index contributed by atoms with van der Waals surface area (Å²) in [6.07, 6.45) is 1.72. The van der Waals surface area contributed by atoms with Crippen molar-refractivity contribution in [2.75, 3.05) is 18.4 Å². The van der Waals surface area contributed by atoms with Gasteiger partial charge in [-0.15, -0.1) is 0 Å². The second kappa shape index (κ2) is 8.65. The lowest BCUT2D eigenvalue weighted by Crippen LogP contribution is -2.48. The SMILES string of the molecule is CC(F)(C1CCN(C(=O)Nc2ccc(CO)nc2)CC1)S(=O)(=O)c1cccc(F)c1. The van der Waals surface area contributed by atoms with Gasteiger partial charge in [-0.2, -0.15) is 0 Å².